The minimum Gasteiger partial charge on any atom is -0.481 e. The molecular formula is C15H23ClN2O4. The maximum Gasteiger partial charge on any atom is 0.313 e. The molecule has 1 saturated heterocycles. The summed E-state index contributed by atoms with van der Waals surface area (Å²) in [6.45, 7) is 3.17. The number of hydrogen-bond acceptors (Lipinski definition) is 5. The Bertz CT molecular complexity index is 508. The summed E-state index contributed by atoms with van der Waals surface area (Å²) in [5, 5.41) is 19.7. The number of aliphatic hydroxyl groups excluding tert-OH is 1. The summed E-state index contributed by atoms with van der Waals surface area (Å²) in [7, 11) is 1.48. The van der Waals surface area contributed by atoms with Crippen molar-refractivity contribution in [1.29, 1.82) is 0 Å². The molecule has 0 aromatic heterocycles. The van der Waals surface area contributed by atoms with Crippen LogP contribution in [0.15, 0.2) is 22.9 Å². The van der Waals surface area contributed by atoms with Crippen molar-refractivity contribution in [1.82, 2.24) is 4.90 Å². The van der Waals surface area contributed by atoms with Gasteiger partial charge in [0.25, 0.3) is 0 Å². The fourth-order valence-corrected chi connectivity index (χ4v) is 3.58. The molecular weight excluding hydrogens is 308 g/mol. The van der Waals surface area contributed by atoms with Crippen LogP contribution in [0.3, 0.4) is 0 Å². The van der Waals surface area contributed by atoms with Gasteiger partial charge in [0.2, 0.25) is 0 Å². The van der Waals surface area contributed by atoms with Crippen molar-refractivity contribution in [2.75, 3.05) is 20.2 Å². The molecule has 1 aliphatic carbocycles. The molecule has 3 unspecified atom stereocenters. The van der Waals surface area contributed by atoms with E-state index in [0.29, 0.717) is 12.2 Å². The highest BCUT2D eigenvalue weighted by molar-refractivity contribution is 6.32. The number of carbonyl (C=O) groups is 1. The van der Waals surface area contributed by atoms with E-state index in [1.165, 1.54) is 13.2 Å². The molecule has 0 spiro atoms. The van der Waals surface area contributed by atoms with Gasteiger partial charge in [-0.15, -0.1) is 0 Å². The van der Waals surface area contributed by atoms with Crippen LogP contribution in [-0.2, 0) is 9.53 Å². The van der Waals surface area contributed by atoms with Crippen molar-refractivity contribution < 1.29 is 19.7 Å². The molecule has 0 radical (unpaired) electrons. The van der Waals surface area contributed by atoms with Gasteiger partial charge < -0.3 is 20.7 Å². The average molecular weight is 331 g/mol. The fraction of sp³-hybridized carbons (Fsp3) is 0.667. The zero-order chi connectivity index (χ0) is 16.5. The van der Waals surface area contributed by atoms with Gasteiger partial charge in [-0.25, -0.2) is 0 Å². The molecule has 2 rings (SSSR count). The van der Waals surface area contributed by atoms with E-state index in [-0.39, 0.29) is 11.1 Å². The van der Waals surface area contributed by atoms with Gasteiger partial charge >= 0.3 is 5.97 Å². The van der Waals surface area contributed by atoms with Gasteiger partial charge in [-0.1, -0.05) is 11.6 Å². The van der Waals surface area contributed by atoms with Crippen molar-refractivity contribution in [2.45, 2.75) is 37.5 Å². The number of rotatable bonds is 4. The molecule has 1 aliphatic heterocycles. The number of halogens is 1. The molecule has 4 atom stereocenters. The van der Waals surface area contributed by atoms with E-state index in [4.69, 9.17) is 22.1 Å². The lowest BCUT2D eigenvalue weighted by atomic mass is 9.76. The molecule has 0 saturated carbocycles. The Morgan fingerprint density at radius 2 is 2.32 bits per heavy atom. The monoisotopic (exact) mass is 330 g/mol. The number of allylic oxidation sites excluding steroid dienone is 1. The lowest BCUT2D eigenvalue weighted by Crippen LogP contribution is -2.60. The second-order valence-corrected chi connectivity index (χ2v) is 6.36. The first-order valence-electron chi connectivity index (χ1n) is 7.38. The number of methoxy groups -OCH3 is 1. The van der Waals surface area contributed by atoms with Gasteiger partial charge in [0.1, 0.15) is 11.5 Å². The third-order valence-corrected chi connectivity index (χ3v) is 5.05. The number of nitrogens with two attached hydrogens (primary N) is 1. The van der Waals surface area contributed by atoms with Crippen LogP contribution in [0.1, 0.15) is 19.8 Å². The molecule has 0 amide bonds. The highest BCUT2D eigenvalue weighted by atomic mass is 35.5. The van der Waals surface area contributed by atoms with Crippen LogP contribution in [0.5, 0.6) is 0 Å². The second kappa shape index (κ2) is 6.58. The highest BCUT2D eigenvalue weighted by Crippen LogP contribution is 2.39. The highest BCUT2D eigenvalue weighted by Gasteiger charge is 2.50. The van der Waals surface area contributed by atoms with E-state index >= 15 is 0 Å². The predicted octanol–water partition coefficient (Wildman–Crippen LogP) is 0.897. The molecule has 124 valence electrons. The molecule has 1 fully saturated rings. The lowest BCUT2D eigenvalue weighted by molar-refractivity contribution is -0.153. The van der Waals surface area contributed by atoms with Gasteiger partial charge in [-0.2, -0.15) is 0 Å². The third kappa shape index (κ3) is 3.01. The van der Waals surface area contributed by atoms with Crippen LogP contribution in [-0.4, -0.2) is 59.0 Å². The summed E-state index contributed by atoms with van der Waals surface area (Å²) in [6, 6.07) is -0.270. The standard InChI is InChI=1S/C15H23ClN2O4/c1-9(18-5-3-4-10(19)8-18)15(22-2)7-13(17)12(16)6-11(15)14(20)21/h6-7,9-11,19H,3-5,8,17H2,1-2H3,(H,20,21)/t9?,10-,11?,15?/m0/s1. The summed E-state index contributed by atoms with van der Waals surface area (Å²) in [6.07, 6.45) is 4.24. The summed E-state index contributed by atoms with van der Waals surface area (Å²) in [5.41, 5.74) is 5.10. The van der Waals surface area contributed by atoms with Crippen LogP contribution in [0.4, 0.5) is 0 Å². The maximum atomic E-state index is 11.7. The first-order valence-corrected chi connectivity index (χ1v) is 7.75. The molecule has 6 nitrogen and oxygen atoms in total. The molecule has 2 aliphatic rings. The van der Waals surface area contributed by atoms with E-state index in [9.17, 15) is 15.0 Å². The van der Waals surface area contributed by atoms with E-state index in [2.05, 4.69) is 0 Å². The number of β-amino-alcohol motifs (C(OH)–C–C–N with tert-alkyl or cyclic N) is 1. The summed E-state index contributed by atoms with van der Waals surface area (Å²) in [5.74, 6) is -1.96. The molecule has 22 heavy (non-hydrogen) atoms. The molecule has 7 heteroatoms. The van der Waals surface area contributed by atoms with Gasteiger partial charge in [0.05, 0.1) is 11.1 Å². The Kier molecular flexibility index (Phi) is 5.17. The van der Waals surface area contributed by atoms with Gasteiger partial charge in [-0.3, -0.25) is 9.69 Å². The van der Waals surface area contributed by atoms with Crippen molar-refractivity contribution >= 4 is 17.6 Å². The maximum absolute atomic E-state index is 11.7. The van der Waals surface area contributed by atoms with E-state index in [1.54, 1.807) is 6.08 Å². The first kappa shape index (κ1) is 17.3. The molecule has 0 aromatic carbocycles. The van der Waals surface area contributed by atoms with Crippen LogP contribution in [0, 0.1) is 5.92 Å². The molecule has 0 bridgehead atoms. The van der Waals surface area contributed by atoms with E-state index in [1.807, 2.05) is 11.8 Å². The van der Waals surface area contributed by atoms with Crippen LogP contribution in [0.25, 0.3) is 0 Å². The van der Waals surface area contributed by atoms with Gasteiger partial charge in [0, 0.05) is 25.4 Å². The van der Waals surface area contributed by atoms with Crippen molar-refractivity contribution in [3.63, 3.8) is 0 Å². The minimum absolute atomic E-state index is 0.228. The SMILES string of the molecule is COC1(C(C)N2CCC[C@H](O)C2)C=C(N)C(Cl)=CC1C(=O)O. The van der Waals surface area contributed by atoms with E-state index < -0.39 is 23.6 Å². The molecule has 1 heterocycles. The number of carboxylic acids is 1. The minimum atomic E-state index is -1.12. The quantitative estimate of drug-likeness (QED) is 0.708. The predicted molar refractivity (Wildman–Crippen MR) is 83.3 cm³/mol. The Labute approximate surface area is 135 Å². The smallest absolute Gasteiger partial charge is 0.313 e. The lowest BCUT2D eigenvalue weighted by Gasteiger charge is -2.47. The van der Waals surface area contributed by atoms with Gasteiger partial charge in [-0.05, 0) is 38.5 Å². The number of aliphatic carboxylic acids is 1. The number of hydrogen-bond donors (Lipinski definition) is 3. The zero-order valence-corrected chi connectivity index (χ0v) is 13.6. The Hall–Kier alpha value is -1.08. The Balaban J connectivity index is 2.38. The number of nitrogens with zero attached hydrogens (tertiary/aromatic N) is 1. The van der Waals surface area contributed by atoms with Crippen LogP contribution >= 0.6 is 11.6 Å². The number of carboxylic acid groups (broad SMARTS) is 1. The average Bonchev–Trinajstić information content (AvgIpc) is 2.48. The second-order valence-electron chi connectivity index (χ2n) is 5.95. The normalized spacial score (nSPS) is 34.7. The number of likely N-dealkylation sites (tertiary alicyclic amines) is 1. The Morgan fingerprint density at radius 3 is 2.86 bits per heavy atom. The largest absolute Gasteiger partial charge is 0.481 e. The fourth-order valence-electron chi connectivity index (χ4n) is 3.40. The molecule has 4 N–H and O–H groups in total. The van der Waals surface area contributed by atoms with Crippen molar-refractivity contribution in [3.8, 4) is 0 Å². The van der Waals surface area contributed by atoms with Crippen molar-refractivity contribution in [3.05, 3.63) is 22.9 Å². The number of aliphatic hydroxyl groups is 1. The van der Waals surface area contributed by atoms with E-state index in [0.717, 1.165) is 19.4 Å². The first-order chi connectivity index (χ1) is 10.3. The van der Waals surface area contributed by atoms with Crippen LogP contribution in [0.2, 0.25) is 0 Å². The number of ether oxygens (including phenoxy) is 1. The topological polar surface area (TPSA) is 96.0 Å². The summed E-state index contributed by atoms with van der Waals surface area (Å²) in [4.78, 5) is 13.8. The van der Waals surface area contributed by atoms with Crippen LogP contribution < -0.4 is 5.73 Å². The molecule has 0 aromatic rings. The third-order valence-electron chi connectivity index (χ3n) is 4.70. The Morgan fingerprint density at radius 1 is 1.64 bits per heavy atom. The van der Waals surface area contributed by atoms with Gasteiger partial charge in [0.15, 0.2) is 0 Å². The summed E-state index contributed by atoms with van der Waals surface area (Å²) >= 11 is 6.00. The van der Waals surface area contributed by atoms with Crippen molar-refractivity contribution in [2.24, 2.45) is 11.7 Å². The zero-order valence-electron chi connectivity index (χ0n) is 12.8. The number of piperidine rings is 1. The summed E-state index contributed by atoms with van der Waals surface area (Å²) < 4.78 is 5.66.